The van der Waals surface area contributed by atoms with Crippen molar-refractivity contribution in [3.8, 4) is 0 Å². The molecule has 13 saturated heterocycles. The molecule has 13 aliphatic heterocycles. The molecule has 146 heavy (non-hydrogen) atoms. The van der Waals surface area contributed by atoms with E-state index in [2.05, 4.69) is 341 Å². The Hall–Kier alpha value is 0.0300. The van der Waals surface area contributed by atoms with Gasteiger partial charge in [0.05, 0.1) is 43.5 Å². The molecule has 0 bridgehead atoms. The minimum atomic E-state index is -2.70. The molecular weight excluding hydrogens is 1880 g/mol. The van der Waals surface area contributed by atoms with Crippen molar-refractivity contribution in [2.24, 2.45) is 82.9 Å². The molecule has 13 rings (SSSR count). The van der Waals surface area contributed by atoms with E-state index in [-0.39, 0.29) is 0 Å². The molecule has 0 aromatic rings. The fourth-order valence-electron chi connectivity index (χ4n) is 20.8. The molecular formula is C123H260N14O5S4. The van der Waals surface area contributed by atoms with Gasteiger partial charge in [0.25, 0.3) is 0 Å². The van der Waals surface area contributed by atoms with Crippen LogP contribution in [0.15, 0.2) is 0 Å². The normalized spacial score (nSPS) is 24.9. The van der Waals surface area contributed by atoms with Gasteiger partial charge in [0.2, 0.25) is 0 Å². The van der Waals surface area contributed by atoms with Gasteiger partial charge in [-0.05, 0) is 412 Å². The fraction of sp³-hybridized carbons (Fsp3) is 0.992. The van der Waals surface area contributed by atoms with E-state index in [1.807, 2.05) is 0 Å². The van der Waals surface area contributed by atoms with Gasteiger partial charge in [0, 0.05) is 144 Å². The quantitative estimate of drug-likeness (QED) is 0.0541. The maximum absolute atomic E-state index is 11.6. The predicted molar refractivity (Wildman–Crippen MR) is 656 cm³/mol. The van der Waals surface area contributed by atoms with Crippen molar-refractivity contribution in [1.29, 1.82) is 0 Å². The second-order valence-electron chi connectivity index (χ2n) is 52.2. The van der Waals surface area contributed by atoms with Crippen LogP contribution in [0.5, 0.6) is 0 Å². The highest BCUT2D eigenvalue weighted by Gasteiger charge is 2.30. The summed E-state index contributed by atoms with van der Waals surface area (Å²) in [5.74, 6) is 21.9. The van der Waals surface area contributed by atoms with E-state index in [0.29, 0.717) is 23.7 Å². The minimum Gasteiger partial charge on any atom is -0.365 e. The summed E-state index contributed by atoms with van der Waals surface area (Å²) >= 11 is 4.14. The number of nitrogens with zero attached hydrogens (tertiary/aromatic N) is 14. The number of thioether (sulfide) groups is 2. The van der Waals surface area contributed by atoms with Crippen LogP contribution in [0, 0.1) is 82.9 Å². The Balaban J connectivity index is 0.000000792. The standard InChI is InChI=1S/C11H23NOS.C11H23N.4C10H21N.C9H20N2.C9H19NO2S.C9H19NO.C9H19NS.C9H19N.C8H17NO.C8H17NS/c1-11(2)5-4-6-12-7-9-14(3,13)10-8-12;1-4-12-9-5-6-11(12)8-7-10(2)3;1-9(2)4-6-11-7-5-10(3)8-11;1-9(2)6-7-10-5-4-8-11(10)3;1-9(2)6-8-11-7-4-5-10(11)3;1-4-11-7-5-6-10(11)8-9(2)3;1-9(2)4-5-11-7-6-10(3)8-11;1-9(2)3-4-10-5-7-13(11,12)8-6-10;2*1-8(2)4-5-10-6-7-11-9(10)3;1-8(2)7-9-5-4-6-10(9)3;2*1-8(2)3-4-9-5-6-10-7-9/h11H,3-10H2,1-2H3;10-11H,4-9H2,1-3H3;4*9-10H,4-8H2,1-3H3;9H,4-8H2,1-3H3;9H,3-8H2,1-2H3;2*8-9H,4-7H2,1-3H3;8-9H,4-7H2,1-3H3;2*8H,3-7H2,1-2H3. The van der Waals surface area contributed by atoms with Crippen molar-refractivity contribution in [1.82, 2.24) is 68.6 Å². The Labute approximate surface area is 924 Å². The molecule has 0 aromatic heterocycles. The lowest BCUT2D eigenvalue weighted by molar-refractivity contribution is 0.0477. The van der Waals surface area contributed by atoms with Gasteiger partial charge in [-0.1, -0.05) is 201 Å². The van der Waals surface area contributed by atoms with Crippen LogP contribution in [0.3, 0.4) is 0 Å². The molecule has 8 unspecified atom stereocenters. The zero-order chi connectivity index (χ0) is 110. The SMILES string of the molecule is C=S1(=O)CCN(CCCC(C)C)CC1.CC(C)CC1CCCN1C.CC(C)CCC1CCCN1C.CC(C)CCN1CCC(C)C1.CC(C)CCN1CCCC1C.CC(C)CCN1CCN(C)C1.CC(C)CCN1CCOC1.CC(C)CCN1CCOC1C.CC(C)CCN1CCS(=O)(=O)CC1.CC(C)CCN1CCSC1.CC(C)CCN1CCSC1C.CCN1CCCC1CC(C)C.CCN1CCCC1CCC(C)C. The Morgan fingerprint density at radius 2 is 0.753 bits per heavy atom. The first kappa shape index (κ1) is 144. The average molecular weight is 2140 g/mol. The number of likely N-dealkylation sites (tertiary alicyclic amines) is 6. The highest BCUT2D eigenvalue weighted by Crippen LogP contribution is 2.29. The number of ether oxygens (including phenoxy) is 2. The number of sulfone groups is 1. The Morgan fingerprint density at radius 3 is 1.16 bits per heavy atom. The summed E-state index contributed by atoms with van der Waals surface area (Å²) in [7, 11) is 2.31. The number of hydrogen-bond acceptors (Lipinski definition) is 21. The largest absolute Gasteiger partial charge is 0.365 e. The van der Waals surface area contributed by atoms with Crippen LogP contribution in [0.25, 0.3) is 0 Å². The van der Waals surface area contributed by atoms with E-state index in [1.54, 1.807) is 0 Å². The van der Waals surface area contributed by atoms with Crippen molar-refractivity contribution in [2.45, 2.75) is 437 Å². The van der Waals surface area contributed by atoms with Gasteiger partial charge in [-0.25, -0.2) is 8.42 Å². The molecule has 23 heteroatoms. The Kier molecular flexibility index (Phi) is 84.9. The first-order chi connectivity index (χ1) is 68.9. The van der Waals surface area contributed by atoms with Crippen LogP contribution in [-0.4, -0.2) is 400 Å². The summed E-state index contributed by atoms with van der Waals surface area (Å²) < 4.78 is 44.5. The maximum atomic E-state index is 11.6. The fourth-order valence-corrected chi connectivity index (χ4v) is 25.6. The molecule has 0 amide bonds. The van der Waals surface area contributed by atoms with Crippen LogP contribution in [0.1, 0.15) is 395 Å². The van der Waals surface area contributed by atoms with E-state index in [4.69, 9.17) is 9.47 Å². The highest BCUT2D eigenvalue weighted by molar-refractivity contribution is 8.00. The molecule has 0 radical (unpaired) electrons. The second-order valence-corrected chi connectivity index (χ2v) is 59.7. The third-order valence-corrected chi connectivity index (χ3v) is 37.4. The summed E-state index contributed by atoms with van der Waals surface area (Å²) in [6.45, 7) is 111. The van der Waals surface area contributed by atoms with Crippen LogP contribution in [0.4, 0.5) is 0 Å². The Morgan fingerprint density at radius 1 is 0.336 bits per heavy atom. The summed E-state index contributed by atoms with van der Waals surface area (Å²) in [4.78, 5) is 35.0. The van der Waals surface area contributed by atoms with Crippen LogP contribution in [0.2, 0.25) is 0 Å². The average Bonchev–Trinajstić information content (AvgIpc) is 1.57. The summed E-state index contributed by atoms with van der Waals surface area (Å²) in [6, 6.07) is 4.46. The molecule has 876 valence electrons. The van der Waals surface area contributed by atoms with Crippen LogP contribution in [-0.2, 0) is 28.8 Å². The molecule has 0 spiro atoms. The topological polar surface area (TPSA) is 115 Å². The van der Waals surface area contributed by atoms with E-state index in [0.717, 1.165) is 190 Å². The third kappa shape index (κ3) is 78.3. The summed E-state index contributed by atoms with van der Waals surface area (Å²) in [5, 5.41) is 0.772. The predicted octanol–water partition coefficient (Wildman–Crippen LogP) is 25.9. The van der Waals surface area contributed by atoms with E-state index in [1.165, 1.54) is 335 Å². The van der Waals surface area contributed by atoms with Crippen molar-refractivity contribution in [3.63, 3.8) is 0 Å². The molecule has 13 fully saturated rings. The van der Waals surface area contributed by atoms with Gasteiger partial charge in [-0.15, -0.1) is 23.5 Å². The number of hydrogen-bond donors (Lipinski definition) is 0. The van der Waals surface area contributed by atoms with Gasteiger partial charge < -0.3 is 48.7 Å². The van der Waals surface area contributed by atoms with Gasteiger partial charge in [-0.2, -0.15) is 0 Å². The van der Waals surface area contributed by atoms with E-state index in [9.17, 15) is 12.6 Å². The zero-order valence-electron chi connectivity index (χ0n) is 104. The second kappa shape index (κ2) is 86.0. The molecule has 0 saturated carbocycles. The highest BCUT2D eigenvalue weighted by atomic mass is 32.2. The van der Waals surface area contributed by atoms with Gasteiger partial charge in [-0.3, -0.25) is 33.6 Å². The van der Waals surface area contributed by atoms with Gasteiger partial charge in [0.15, 0.2) is 9.84 Å². The van der Waals surface area contributed by atoms with Crippen LogP contribution < -0.4 is 0 Å². The first-order valence-electron chi connectivity index (χ1n) is 61.9. The first-order valence-corrected chi connectivity index (χ1v) is 68.0. The maximum Gasteiger partial charge on any atom is 0.152 e. The van der Waals surface area contributed by atoms with Crippen molar-refractivity contribution in [2.75, 3.05) is 271 Å². The Bertz CT molecular complexity index is 2990. The number of likely N-dealkylation sites (N-methyl/N-ethyl adjacent to an activating group) is 1. The lowest BCUT2D eigenvalue weighted by Crippen LogP contribution is -2.40. The monoisotopic (exact) mass is 2140 g/mol. The van der Waals surface area contributed by atoms with E-state index < -0.39 is 19.4 Å². The molecule has 19 nitrogen and oxygen atoms in total. The summed E-state index contributed by atoms with van der Waals surface area (Å²) in [5.41, 5.74) is 0. The molecule has 0 aliphatic carbocycles. The van der Waals surface area contributed by atoms with Crippen LogP contribution >= 0.6 is 23.5 Å². The lowest BCUT2D eigenvalue weighted by Gasteiger charge is -2.28. The molecule has 13 heterocycles. The van der Waals surface area contributed by atoms with Crippen molar-refractivity contribution < 1.29 is 22.1 Å². The van der Waals surface area contributed by atoms with Gasteiger partial charge in [0.1, 0.15) is 6.23 Å². The van der Waals surface area contributed by atoms with Gasteiger partial charge >= 0.3 is 0 Å². The molecule has 0 N–H and O–H groups in total. The molecule has 0 aromatic carbocycles. The zero-order valence-corrected chi connectivity index (χ0v) is 108. The minimum absolute atomic E-state index is 0.352. The lowest BCUT2D eigenvalue weighted by atomic mass is 10.0. The summed E-state index contributed by atoms with van der Waals surface area (Å²) in [6.07, 6.45) is 37.5. The smallest absolute Gasteiger partial charge is 0.152 e. The molecule has 13 aliphatic rings. The number of rotatable bonds is 40. The van der Waals surface area contributed by atoms with Crippen molar-refractivity contribution in [3.05, 3.63) is 0 Å². The molecule has 8 atom stereocenters. The van der Waals surface area contributed by atoms with Crippen molar-refractivity contribution >= 4 is 48.8 Å². The van der Waals surface area contributed by atoms with E-state index >= 15 is 0 Å². The third-order valence-electron chi connectivity index (χ3n) is 31.7.